The fourth-order valence-electron chi connectivity index (χ4n) is 3.57. The van der Waals surface area contributed by atoms with E-state index in [1.807, 2.05) is 37.4 Å². The van der Waals surface area contributed by atoms with E-state index in [1.54, 1.807) is 36.0 Å². The second-order valence-electron chi connectivity index (χ2n) is 7.25. The number of methoxy groups -OCH3 is 1. The zero-order chi connectivity index (χ0) is 22.4. The predicted octanol–water partition coefficient (Wildman–Crippen LogP) is 3.48. The lowest BCUT2D eigenvalue weighted by atomic mass is 10.2. The molecule has 164 valence electrons. The van der Waals surface area contributed by atoms with Crippen molar-refractivity contribution in [3.05, 3.63) is 54.1 Å². The molecule has 2 unspecified atom stereocenters. The average molecular weight is 443 g/mol. The van der Waals surface area contributed by atoms with Crippen molar-refractivity contribution in [1.82, 2.24) is 10.2 Å². The summed E-state index contributed by atoms with van der Waals surface area (Å²) in [4.78, 5) is 39.6. The Bertz CT molecular complexity index is 930. The average Bonchev–Trinajstić information content (AvgIpc) is 3.19. The van der Waals surface area contributed by atoms with E-state index in [0.29, 0.717) is 23.5 Å². The highest BCUT2D eigenvalue weighted by Crippen LogP contribution is 2.26. The summed E-state index contributed by atoms with van der Waals surface area (Å²) >= 11 is 1.66. The van der Waals surface area contributed by atoms with Gasteiger partial charge in [-0.15, -0.1) is 11.8 Å². The van der Waals surface area contributed by atoms with Crippen LogP contribution in [0.5, 0.6) is 11.5 Å². The summed E-state index contributed by atoms with van der Waals surface area (Å²) in [5.74, 6) is 0.215. The van der Waals surface area contributed by atoms with E-state index in [1.165, 1.54) is 12.0 Å². The maximum Gasteiger partial charge on any atom is 0.328 e. The number of rotatable bonds is 7. The molecule has 31 heavy (non-hydrogen) atoms. The molecule has 0 aliphatic carbocycles. The van der Waals surface area contributed by atoms with Crippen molar-refractivity contribution >= 4 is 29.5 Å². The molecule has 7 nitrogen and oxygen atoms in total. The van der Waals surface area contributed by atoms with Gasteiger partial charge in [0.25, 0.3) is 5.91 Å². The molecular formula is C23H26N2O5S. The number of nitrogens with one attached hydrogen (secondary N) is 1. The number of thioether (sulfide) groups is 1. The number of carbonyl (C=O) groups is 3. The molecule has 0 aromatic heterocycles. The highest BCUT2D eigenvalue weighted by molar-refractivity contribution is 7.98. The standard InChI is InChI=1S/C23H26N2O5S/c1-15-4-13-20(23(28)29-2)25(15)21(26)14-24-22(27)16-5-7-17(8-6-16)30-18-9-11-19(31-3)12-10-18/h5-12,15,20H,4,13-14H2,1-3H3,(H,24,27). The summed E-state index contributed by atoms with van der Waals surface area (Å²) in [5.41, 5.74) is 0.414. The lowest BCUT2D eigenvalue weighted by Gasteiger charge is -2.27. The number of hydrogen-bond acceptors (Lipinski definition) is 6. The van der Waals surface area contributed by atoms with Crippen molar-refractivity contribution in [2.45, 2.75) is 36.7 Å². The summed E-state index contributed by atoms with van der Waals surface area (Å²) in [6.45, 7) is 1.70. The molecule has 1 aliphatic heterocycles. The van der Waals surface area contributed by atoms with Crippen LogP contribution in [0.2, 0.25) is 0 Å². The zero-order valence-corrected chi connectivity index (χ0v) is 18.6. The van der Waals surface area contributed by atoms with E-state index in [2.05, 4.69) is 5.32 Å². The molecule has 2 atom stereocenters. The van der Waals surface area contributed by atoms with Crippen molar-refractivity contribution in [2.75, 3.05) is 19.9 Å². The first-order valence-electron chi connectivity index (χ1n) is 10.0. The Kier molecular flexibility index (Phi) is 7.57. The van der Waals surface area contributed by atoms with Gasteiger partial charge in [0.15, 0.2) is 0 Å². The summed E-state index contributed by atoms with van der Waals surface area (Å²) in [6, 6.07) is 13.8. The molecule has 8 heteroatoms. The van der Waals surface area contributed by atoms with E-state index in [9.17, 15) is 14.4 Å². The quantitative estimate of drug-likeness (QED) is 0.522. The maximum absolute atomic E-state index is 12.6. The third kappa shape index (κ3) is 5.58. The van der Waals surface area contributed by atoms with Crippen LogP contribution in [-0.4, -0.2) is 54.7 Å². The van der Waals surface area contributed by atoms with E-state index >= 15 is 0 Å². The number of carbonyl (C=O) groups excluding carboxylic acids is 3. The SMILES string of the molecule is COC(=O)C1CCC(C)N1C(=O)CNC(=O)c1ccc(Oc2ccc(SC)cc2)cc1. The Morgan fingerprint density at radius 1 is 1.03 bits per heavy atom. The minimum absolute atomic E-state index is 0.0741. The number of likely N-dealkylation sites (tertiary alicyclic amines) is 1. The number of benzene rings is 2. The number of ether oxygens (including phenoxy) is 2. The van der Waals surface area contributed by atoms with Crippen LogP contribution in [0.1, 0.15) is 30.1 Å². The van der Waals surface area contributed by atoms with Gasteiger partial charge in [0, 0.05) is 16.5 Å². The molecule has 0 radical (unpaired) electrons. The highest BCUT2D eigenvalue weighted by atomic mass is 32.2. The number of nitrogens with zero attached hydrogens (tertiary/aromatic N) is 1. The lowest BCUT2D eigenvalue weighted by molar-refractivity contribution is -0.151. The third-order valence-corrected chi connectivity index (χ3v) is 5.99. The minimum atomic E-state index is -0.592. The van der Waals surface area contributed by atoms with Gasteiger partial charge in [0.05, 0.1) is 13.7 Å². The van der Waals surface area contributed by atoms with E-state index in [0.717, 1.165) is 11.3 Å². The Balaban J connectivity index is 1.55. The van der Waals surface area contributed by atoms with Gasteiger partial charge in [0.1, 0.15) is 17.5 Å². The van der Waals surface area contributed by atoms with Crippen molar-refractivity contribution in [3.8, 4) is 11.5 Å². The first-order valence-corrected chi connectivity index (χ1v) is 11.2. The smallest absolute Gasteiger partial charge is 0.328 e. The van der Waals surface area contributed by atoms with Crippen LogP contribution in [0.15, 0.2) is 53.4 Å². The minimum Gasteiger partial charge on any atom is -0.467 e. The van der Waals surface area contributed by atoms with Gasteiger partial charge in [-0.1, -0.05) is 0 Å². The Morgan fingerprint density at radius 2 is 1.65 bits per heavy atom. The molecule has 2 aromatic rings. The van der Waals surface area contributed by atoms with Gasteiger partial charge < -0.3 is 19.7 Å². The van der Waals surface area contributed by atoms with Crippen molar-refractivity contribution < 1.29 is 23.9 Å². The van der Waals surface area contributed by atoms with Crippen molar-refractivity contribution in [3.63, 3.8) is 0 Å². The molecule has 0 saturated carbocycles. The molecular weight excluding hydrogens is 416 g/mol. The topological polar surface area (TPSA) is 84.9 Å². The Labute approximate surface area is 186 Å². The molecule has 1 heterocycles. The first-order chi connectivity index (χ1) is 14.9. The fraction of sp³-hybridized carbons (Fsp3) is 0.348. The summed E-state index contributed by atoms with van der Waals surface area (Å²) in [6.07, 6.45) is 3.30. The second kappa shape index (κ2) is 10.3. The fourth-order valence-corrected chi connectivity index (χ4v) is 3.98. The molecule has 3 rings (SSSR count). The lowest BCUT2D eigenvalue weighted by Crippen LogP contribution is -2.48. The number of amides is 2. The summed E-state index contributed by atoms with van der Waals surface area (Å²) in [7, 11) is 1.31. The van der Waals surface area contributed by atoms with Gasteiger partial charge in [-0.25, -0.2) is 4.79 Å². The molecule has 1 aliphatic rings. The van der Waals surface area contributed by atoms with Gasteiger partial charge in [0.2, 0.25) is 5.91 Å². The largest absolute Gasteiger partial charge is 0.467 e. The Morgan fingerprint density at radius 3 is 2.23 bits per heavy atom. The van der Waals surface area contributed by atoms with Crippen molar-refractivity contribution in [2.24, 2.45) is 0 Å². The zero-order valence-electron chi connectivity index (χ0n) is 17.8. The Hall–Kier alpha value is -3.00. The first kappa shape index (κ1) is 22.7. The van der Waals surface area contributed by atoms with Crippen LogP contribution >= 0.6 is 11.8 Å². The van der Waals surface area contributed by atoms with Gasteiger partial charge in [-0.05, 0) is 74.6 Å². The molecule has 2 amide bonds. The molecule has 2 aromatic carbocycles. The second-order valence-corrected chi connectivity index (χ2v) is 8.13. The van der Waals surface area contributed by atoms with Crippen LogP contribution < -0.4 is 10.1 Å². The van der Waals surface area contributed by atoms with Gasteiger partial charge >= 0.3 is 5.97 Å². The number of hydrogen-bond donors (Lipinski definition) is 1. The third-order valence-electron chi connectivity index (χ3n) is 5.24. The highest BCUT2D eigenvalue weighted by Gasteiger charge is 2.39. The van der Waals surface area contributed by atoms with Crippen LogP contribution in [0, 0.1) is 0 Å². The normalized spacial score (nSPS) is 17.8. The van der Waals surface area contributed by atoms with Crippen LogP contribution in [0.3, 0.4) is 0 Å². The van der Waals surface area contributed by atoms with E-state index < -0.39 is 12.0 Å². The molecule has 1 N–H and O–H groups in total. The van der Waals surface area contributed by atoms with Crippen LogP contribution in [0.4, 0.5) is 0 Å². The van der Waals surface area contributed by atoms with E-state index in [4.69, 9.17) is 9.47 Å². The predicted molar refractivity (Wildman–Crippen MR) is 118 cm³/mol. The summed E-state index contributed by atoms with van der Waals surface area (Å²) in [5, 5.41) is 2.63. The molecule has 0 bridgehead atoms. The number of esters is 1. The molecule has 1 saturated heterocycles. The maximum atomic E-state index is 12.6. The van der Waals surface area contributed by atoms with Gasteiger partial charge in [-0.3, -0.25) is 9.59 Å². The monoisotopic (exact) mass is 442 g/mol. The molecule has 0 spiro atoms. The van der Waals surface area contributed by atoms with Crippen molar-refractivity contribution in [1.29, 1.82) is 0 Å². The summed E-state index contributed by atoms with van der Waals surface area (Å²) < 4.78 is 10.6. The molecule has 1 fully saturated rings. The van der Waals surface area contributed by atoms with Crippen LogP contribution in [-0.2, 0) is 14.3 Å². The van der Waals surface area contributed by atoms with Crippen LogP contribution in [0.25, 0.3) is 0 Å². The van der Waals surface area contributed by atoms with E-state index in [-0.39, 0.29) is 24.4 Å². The van der Waals surface area contributed by atoms with Gasteiger partial charge in [-0.2, -0.15) is 0 Å².